The lowest BCUT2D eigenvalue weighted by Gasteiger charge is -2.31. The number of rotatable bonds is 3. The van der Waals surface area contributed by atoms with Crippen LogP contribution in [0, 0.1) is 0 Å². The quantitative estimate of drug-likeness (QED) is 0.830. The zero-order chi connectivity index (χ0) is 14.8. The van der Waals surface area contributed by atoms with Gasteiger partial charge in [-0.25, -0.2) is 9.67 Å². The lowest BCUT2D eigenvalue weighted by molar-refractivity contribution is -0.129. The van der Waals surface area contributed by atoms with E-state index in [4.69, 9.17) is 4.74 Å². The lowest BCUT2D eigenvalue weighted by atomic mass is 10.1. The van der Waals surface area contributed by atoms with Crippen molar-refractivity contribution in [1.29, 1.82) is 0 Å². The topological polar surface area (TPSA) is 81.1 Å². The fourth-order valence-electron chi connectivity index (χ4n) is 2.97. The van der Waals surface area contributed by atoms with Gasteiger partial charge in [-0.2, -0.15) is 5.10 Å². The fourth-order valence-corrected chi connectivity index (χ4v) is 2.97. The third kappa shape index (κ3) is 2.94. The summed E-state index contributed by atoms with van der Waals surface area (Å²) in [5.74, 6) is 1.72. The minimum absolute atomic E-state index is 0.0123. The number of hydrogen-bond acceptors (Lipinski definition) is 5. The summed E-state index contributed by atoms with van der Waals surface area (Å²) in [5, 5.41) is 10.8. The average molecular weight is 293 g/mol. The number of aromatic nitrogens is 3. The monoisotopic (exact) mass is 293 g/mol. The van der Waals surface area contributed by atoms with Gasteiger partial charge in [-0.1, -0.05) is 6.92 Å². The normalized spacial score (nSPS) is 29.0. The number of amides is 1. The van der Waals surface area contributed by atoms with Crippen LogP contribution >= 0.6 is 0 Å². The van der Waals surface area contributed by atoms with Crippen LogP contribution in [0.3, 0.4) is 0 Å². The highest BCUT2D eigenvalue weighted by atomic mass is 16.5. The van der Waals surface area contributed by atoms with Gasteiger partial charge in [-0.05, 0) is 19.8 Å². The molecule has 7 heteroatoms. The maximum atomic E-state index is 12.5. The van der Waals surface area contributed by atoms with E-state index >= 15 is 0 Å². The first-order valence-corrected chi connectivity index (χ1v) is 7.78. The molecule has 0 aliphatic carbocycles. The lowest BCUT2D eigenvalue weighted by Crippen LogP contribution is -2.56. The first kappa shape index (κ1) is 14.5. The van der Waals surface area contributed by atoms with E-state index in [9.17, 15) is 4.79 Å². The molecule has 0 spiro atoms. The van der Waals surface area contributed by atoms with Gasteiger partial charge in [0.2, 0.25) is 5.91 Å². The molecule has 1 aromatic rings. The Kier molecular flexibility index (Phi) is 4.21. The molecule has 1 saturated heterocycles. The first-order valence-electron chi connectivity index (χ1n) is 7.78. The molecule has 3 rings (SSSR count). The van der Waals surface area contributed by atoms with E-state index in [1.807, 2.05) is 18.5 Å². The van der Waals surface area contributed by atoms with Crippen molar-refractivity contribution in [3.8, 4) is 0 Å². The van der Waals surface area contributed by atoms with Crippen LogP contribution in [-0.2, 0) is 22.5 Å². The Bertz CT molecular complexity index is 515. The van der Waals surface area contributed by atoms with Gasteiger partial charge in [-0.3, -0.25) is 4.79 Å². The van der Waals surface area contributed by atoms with Gasteiger partial charge in [0, 0.05) is 19.5 Å². The molecule has 116 valence electrons. The molecule has 21 heavy (non-hydrogen) atoms. The van der Waals surface area contributed by atoms with Crippen LogP contribution in [0.5, 0.6) is 0 Å². The molecular formula is C14H23N5O2. The SMILES string of the molecule is CCc1nc2n(n1)CCCC2NC(=O)[C@H]1NCCO[C@@H]1C. The Labute approximate surface area is 124 Å². The molecule has 0 aromatic carbocycles. The Balaban J connectivity index is 1.71. The van der Waals surface area contributed by atoms with Crippen molar-refractivity contribution in [1.82, 2.24) is 25.4 Å². The third-order valence-electron chi connectivity index (χ3n) is 4.15. The van der Waals surface area contributed by atoms with E-state index < -0.39 is 0 Å². The number of aryl methyl sites for hydroxylation is 2. The van der Waals surface area contributed by atoms with Crippen molar-refractivity contribution in [2.24, 2.45) is 0 Å². The number of hydrogen-bond donors (Lipinski definition) is 2. The van der Waals surface area contributed by atoms with Crippen molar-refractivity contribution >= 4 is 5.91 Å². The van der Waals surface area contributed by atoms with Gasteiger partial charge < -0.3 is 15.4 Å². The van der Waals surface area contributed by atoms with Gasteiger partial charge in [0.25, 0.3) is 0 Å². The summed E-state index contributed by atoms with van der Waals surface area (Å²) in [6.07, 6.45) is 2.63. The summed E-state index contributed by atoms with van der Waals surface area (Å²) in [6.45, 7) is 6.22. The van der Waals surface area contributed by atoms with Crippen LogP contribution in [0.4, 0.5) is 0 Å². The van der Waals surface area contributed by atoms with Crippen LogP contribution in [0.2, 0.25) is 0 Å². The molecule has 1 fully saturated rings. The van der Waals surface area contributed by atoms with Gasteiger partial charge in [-0.15, -0.1) is 0 Å². The first-order chi connectivity index (χ1) is 10.2. The average Bonchev–Trinajstić information content (AvgIpc) is 2.92. The van der Waals surface area contributed by atoms with Crippen LogP contribution in [0.25, 0.3) is 0 Å². The number of nitrogens with zero attached hydrogens (tertiary/aromatic N) is 3. The van der Waals surface area contributed by atoms with Crippen LogP contribution < -0.4 is 10.6 Å². The van der Waals surface area contributed by atoms with Gasteiger partial charge in [0.1, 0.15) is 11.9 Å². The predicted octanol–water partition coefficient (Wildman–Crippen LogP) is 0.169. The van der Waals surface area contributed by atoms with Crippen molar-refractivity contribution in [3.63, 3.8) is 0 Å². The summed E-state index contributed by atoms with van der Waals surface area (Å²) in [5.41, 5.74) is 0. The zero-order valence-electron chi connectivity index (χ0n) is 12.6. The number of nitrogens with one attached hydrogen (secondary N) is 2. The summed E-state index contributed by atoms with van der Waals surface area (Å²) >= 11 is 0. The molecule has 2 N–H and O–H groups in total. The number of morpholine rings is 1. The number of carbonyl (C=O) groups excluding carboxylic acids is 1. The Morgan fingerprint density at radius 3 is 3.19 bits per heavy atom. The molecule has 0 bridgehead atoms. The second kappa shape index (κ2) is 6.11. The van der Waals surface area contributed by atoms with Crippen LogP contribution in [-0.4, -0.2) is 46.0 Å². The van der Waals surface area contributed by atoms with Gasteiger partial charge in [0.05, 0.1) is 18.8 Å². The van der Waals surface area contributed by atoms with Gasteiger partial charge >= 0.3 is 0 Å². The van der Waals surface area contributed by atoms with E-state index in [-0.39, 0.29) is 24.1 Å². The number of carbonyl (C=O) groups is 1. The molecule has 1 unspecified atom stereocenters. The van der Waals surface area contributed by atoms with Crippen molar-refractivity contribution in [3.05, 3.63) is 11.6 Å². The second-order valence-corrected chi connectivity index (χ2v) is 5.67. The van der Waals surface area contributed by atoms with Crippen molar-refractivity contribution in [2.75, 3.05) is 13.2 Å². The van der Waals surface area contributed by atoms with E-state index in [2.05, 4.69) is 20.7 Å². The Morgan fingerprint density at radius 2 is 2.43 bits per heavy atom. The predicted molar refractivity (Wildman–Crippen MR) is 76.7 cm³/mol. The molecule has 1 aromatic heterocycles. The molecule has 1 amide bonds. The Hall–Kier alpha value is -1.47. The third-order valence-corrected chi connectivity index (χ3v) is 4.15. The minimum Gasteiger partial charge on any atom is -0.375 e. The number of fused-ring (bicyclic) bond motifs is 1. The highest BCUT2D eigenvalue weighted by Gasteiger charge is 2.32. The zero-order valence-corrected chi connectivity index (χ0v) is 12.6. The number of ether oxygens (including phenoxy) is 1. The van der Waals surface area contributed by atoms with E-state index in [0.29, 0.717) is 13.2 Å². The molecule has 7 nitrogen and oxygen atoms in total. The molecule has 3 heterocycles. The summed E-state index contributed by atoms with van der Waals surface area (Å²) in [7, 11) is 0. The van der Waals surface area contributed by atoms with Crippen LogP contribution in [0.15, 0.2) is 0 Å². The molecular weight excluding hydrogens is 270 g/mol. The maximum Gasteiger partial charge on any atom is 0.240 e. The minimum atomic E-state index is -0.289. The molecule has 2 aliphatic heterocycles. The van der Waals surface area contributed by atoms with Crippen molar-refractivity contribution in [2.45, 2.75) is 57.8 Å². The van der Waals surface area contributed by atoms with Gasteiger partial charge in [0.15, 0.2) is 5.82 Å². The maximum absolute atomic E-state index is 12.5. The second-order valence-electron chi connectivity index (χ2n) is 5.67. The standard InChI is InChI=1S/C14H23N5O2/c1-3-11-17-13-10(5-4-7-19(13)18-11)16-14(20)12-9(2)21-8-6-15-12/h9-10,12,15H,3-8H2,1-2H3,(H,16,20)/t9-,10?,12+/m1/s1. The highest BCUT2D eigenvalue weighted by Crippen LogP contribution is 2.23. The summed E-state index contributed by atoms with van der Waals surface area (Å²) < 4.78 is 7.47. The molecule has 3 atom stereocenters. The van der Waals surface area contributed by atoms with E-state index in [1.165, 1.54) is 0 Å². The Morgan fingerprint density at radius 1 is 1.57 bits per heavy atom. The molecule has 0 saturated carbocycles. The molecule has 0 radical (unpaired) electrons. The summed E-state index contributed by atoms with van der Waals surface area (Å²) in [6, 6.07) is -0.335. The summed E-state index contributed by atoms with van der Waals surface area (Å²) in [4.78, 5) is 17.0. The highest BCUT2D eigenvalue weighted by molar-refractivity contribution is 5.82. The fraction of sp³-hybridized carbons (Fsp3) is 0.786. The smallest absolute Gasteiger partial charge is 0.240 e. The van der Waals surface area contributed by atoms with E-state index in [1.54, 1.807) is 0 Å². The van der Waals surface area contributed by atoms with E-state index in [0.717, 1.165) is 37.5 Å². The largest absolute Gasteiger partial charge is 0.375 e. The van der Waals surface area contributed by atoms with Crippen molar-refractivity contribution < 1.29 is 9.53 Å². The molecule has 2 aliphatic rings. The van der Waals surface area contributed by atoms with Crippen LogP contribution in [0.1, 0.15) is 44.4 Å².